The molecule has 0 bridgehead atoms. The van der Waals surface area contributed by atoms with Crippen molar-refractivity contribution in [3.05, 3.63) is 64.1 Å². The van der Waals surface area contributed by atoms with Crippen LogP contribution in [-0.4, -0.2) is 27.9 Å². The second-order valence-electron chi connectivity index (χ2n) is 6.22. The van der Waals surface area contributed by atoms with Gasteiger partial charge < -0.3 is 10.2 Å². The van der Waals surface area contributed by atoms with Crippen molar-refractivity contribution in [2.45, 2.75) is 26.7 Å². The number of hydrazine groups is 1. The minimum atomic E-state index is 0.506. The molecular formula is C19H22Cl2N4O. The molecule has 3 rings (SSSR count). The number of nitrogens with one attached hydrogen (secondary N) is 1. The van der Waals surface area contributed by atoms with Crippen molar-refractivity contribution in [1.29, 1.82) is 0 Å². The lowest BCUT2D eigenvalue weighted by Gasteiger charge is -2.23. The summed E-state index contributed by atoms with van der Waals surface area (Å²) in [4.78, 5) is 0. The maximum absolute atomic E-state index is 6.09. The highest BCUT2D eigenvalue weighted by molar-refractivity contribution is 6.42. The summed E-state index contributed by atoms with van der Waals surface area (Å²) in [6.45, 7) is 5.60. The van der Waals surface area contributed by atoms with Crippen LogP contribution in [0.3, 0.4) is 0 Å². The van der Waals surface area contributed by atoms with Crippen LogP contribution in [0.15, 0.2) is 48.3 Å². The third-order valence-corrected chi connectivity index (χ3v) is 4.77. The number of hydrogen-bond acceptors (Lipinski definition) is 4. The molecule has 0 aliphatic carbocycles. The second-order valence-corrected chi connectivity index (χ2v) is 7.03. The van der Waals surface area contributed by atoms with Crippen molar-refractivity contribution >= 4 is 23.2 Å². The summed E-state index contributed by atoms with van der Waals surface area (Å²) < 4.78 is 7.59. The first kappa shape index (κ1) is 18.7. The summed E-state index contributed by atoms with van der Waals surface area (Å²) in [7, 11) is 0. The molecule has 1 N–H and O–H groups in total. The number of ether oxygens (including phenoxy) is 1. The summed E-state index contributed by atoms with van der Waals surface area (Å²) >= 11 is 12.1. The monoisotopic (exact) mass is 392 g/mol. The number of halogens is 2. The SMILES string of the molecule is CC1=CNN(CCCCOc2cc(C)n(-c3ccc(Cl)c(Cl)c3)n2)C=C1. The minimum Gasteiger partial charge on any atom is -0.477 e. The average Bonchev–Trinajstić information content (AvgIpc) is 2.99. The highest BCUT2D eigenvalue weighted by Gasteiger charge is 2.09. The Morgan fingerprint density at radius 1 is 1.12 bits per heavy atom. The van der Waals surface area contributed by atoms with Gasteiger partial charge in [-0.15, -0.1) is 5.10 Å². The molecule has 138 valence electrons. The van der Waals surface area contributed by atoms with Gasteiger partial charge in [0, 0.05) is 30.7 Å². The standard InChI is InChI=1S/C19H22Cl2N4O/c1-14-7-9-24(22-13-14)8-3-4-10-26-19-11-15(2)25(23-19)16-5-6-17(20)18(21)12-16/h5-7,9,11-13,22H,3-4,8,10H2,1-2H3. The summed E-state index contributed by atoms with van der Waals surface area (Å²) in [6, 6.07) is 7.36. The van der Waals surface area contributed by atoms with Crippen molar-refractivity contribution < 1.29 is 4.74 Å². The third-order valence-electron chi connectivity index (χ3n) is 4.03. The van der Waals surface area contributed by atoms with Crippen LogP contribution in [0.2, 0.25) is 10.0 Å². The van der Waals surface area contributed by atoms with E-state index >= 15 is 0 Å². The lowest BCUT2D eigenvalue weighted by molar-refractivity contribution is 0.263. The summed E-state index contributed by atoms with van der Waals surface area (Å²) in [6.07, 6.45) is 8.11. The van der Waals surface area contributed by atoms with Gasteiger partial charge in [-0.1, -0.05) is 23.2 Å². The van der Waals surface area contributed by atoms with Gasteiger partial charge in [-0.05, 0) is 56.5 Å². The van der Waals surface area contributed by atoms with Crippen LogP contribution in [-0.2, 0) is 0 Å². The molecule has 1 aliphatic heterocycles. The normalized spacial score (nSPS) is 13.5. The molecule has 0 atom stereocenters. The van der Waals surface area contributed by atoms with E-state index in [0.29, 0.717) is 22.5 Å². The Morgan fingerprint density at radius 3 is 2.69 bits per heavy atom. The van der Waals surface area contributed by atoms with Crippen molar-refractivity contribution in [1.82, 2.24) is 20.2 Å². The Labute approximate surface area is 163 Å². The zero-order valence-electron chi connectivity index (χ0n) is 14.9. The van der Waals surface area contributed by atoms with Gasteiger partial charge in [0.05, 0.1) is 22.3 Å². The molecule has 0 radical (unpaired) electrons. The van der Waals surface area contributed by atoms with E-state index in [1.54, 1.807) is 16.8 Å². The van der Waals surface area contributed by atoms with Crippen LogP contribution in [0, 0.1) is 6.92 Å². The topological polar surface area (TPSA) is 42.3 Å². The first-order valence-electron chi connectivity index (χ1n) is 8.55. The van der Waals surface area contributed by atoms with Crippen molar-refractivity contribution in [2.24, 2.45) is 0 Å². The lowest BCUT2D eigenvalue weighted by atomic mass is 10.3. The first-order valence-corrected chi connectivity index (χ1v) is 9.31. The predicted octanol–water partition coefficient (Wildman–Crippen LogP) is 4.88. The van der Waals surface area contributed by atoms with Gasteiger partial charge in [-0.3, -0.25) is 5.01 Å². The van der Waals surface area contributed by atoms with Crippen LogP contribution in [0.4, 0.5) is 0 Å². The number of hydrogen-bond donors (Lipinski definition) is 1. The molecule has 2 heterocycles. The smallest absolute Gasteiger partial charge is 0.233 e. The molecule has 26 heavy (non-hydrogen) atoms. The molecule has 0 saturated heterocycles. The molecule has 1 aromatic heterocycles. The van der Waals surface area contributed by atoms with Crippen LogP contribution in [0.5, 0.6) is 5.88 Å². The zero-order chi connectivity index (χ0) is 18.5. The van der Waals surface area contributed by atoms with Crippen molar-refractivity contribution in [2.75, 3.05) is 13.2 Å². The average molecular weight is 393 g/mol. The van der Waals surface area contributed by atoms with Crippen molar-refractivity contribution in [3.8, 4) is 11.6 Å². The summed E-state index contributed by atoms with van der Waals surface area (Å²) in [5.74, 6) is 0.614. The van der Waals surface area contributed by atoms with Crippen LogP contribution in [0.1, 0.15) is 25.5 Å². The van der Waals surface area contributed by atoms with Gasteiger partial charge >= 0.3 is 0 Å². The van der Waals surface area contributed by atoms with Crippen LogP contribution < -0.4 is 10.2 Å². The van der Waals surface area contributed by atoms with Crippen LogP contribution >= 0.6 is 23.2 Å². The first-order chi connectivity index (χ1) is 12.5. The quantitative estimate of drug-likeness (QED) is 0.681. The lowest BCUT2D eigenvalue weighted by Crippen LogP contribution is -2.32. The molecule has 0 saturated carbocycles. The van der Waals surface area contributed by atoms with Gasteiger partial charge in [0.25, 0.3) is 0 Å². The summed E-state index contributed by atoms with van der Waals surface area (Å²) in [5, 5.41) is 7.60. The third kappa shape index (κ3) is 4.74. The van der Waals surface area contributed by atoms with Crippen molar-refractivity contribution in [3.63, 3.8) is 0 Å². The van der Waals surface area contributed by atoms with Gasteiger partial charge in [0.15, 0.2) is 0 Å². The number of aromatic nitrogens is 2. The predicted molar refractivity (Wildman–Crippen MR) is 106 cm³/mol. The van der Waals surface area contributed by atoms with E-state index in [2.05, 4.69) is 34.7 Å². The molecule has 7 heteroatoms. The Balaban J connectivity index is 1.47. The maximum atomic E-state index is 6.09. The molecule has 0 amide bonds. The van der Waals surface area contributed by atoms with E-state index in [-0.39, 0.29) is 0 Å². The van der Waals surface area contributed by atoms with E-state index in [1.807, 2.05) is 25.3 Å². The number of unbranched alkanes of at least 4 members (excludes halogenated alkanes) is 1. The molecule has 0 fully saturated rings. The molecule has 0 unspecified atom stereocenters. The molecule has 0 spiro atoms. The fourth-order valence-corrected chi connectivity index (χ4v) is 2.87. The molecular weight excluding hydrogens is 371 g/mol. The molecule has 5 nitrogen and oxygen atoms in total. The second kappa shape index (κ2) is 8.52. The maximum Gasteiger partial charge on any atom is 0.233 e. The Morgan fingerprint density at radius 2 is 1.96 bits per heavy atom. The fourth-order valence-electron chi connectivity index (χ4n) is 2.58. The Hall–Kier alpha value is -2.11. The number of benzene rings is 1. The Kier molecular flexibility index (Phi) is 6.12. The molecule has 2 aromatic rings. The van der Waals surface area contributed by atoms with E-state index < -0.39 is 0 Å². The number of allylic oxidation sites excluding steroid dienone is 2. The van der Waals surface area contributed by atoms with Gasteiger partial charge in [-0.25, -0.2) is 4.68 Å². The van der Waals surface area contributed by atoms with Crippen LogP contribution in [0.25, 0.3) is 5.69 Å². The highest BCUT2D eigenvalue weighted by atomic mass is 35.5. The number of aryl methyl sites for hydroxylation is 1. The zero-order valence-corrected chi connectivity index (χ0v) is 16.4. The number of rotatable bonds is 7. The van der Waals surface area contributed by atoms with E-state index in [4.69, 9.17) is 27.9 Å². The van der Waals surface area contributed by atoms with Gasteiger partial charge in [-0.2, -0.15) is 0 Å². The number of nitrogens with zero attached hydrogens (tertiary/aromatic N) is 3. The van der Waals surface area contributed by atoms with Gasteiger partial charge in [0.2, 0.25) is 5.88 Å². The largest absolute Gasteiger partial charge is 0.477 e. The van der Waals surface area contributed by atoms with E-state index in [1.165, 1.54) is 5.57 Å². The Bertz CT molecular complexity index is 829. The fraction of sp³-hybridized carbons (Fsp3) is 0.316. The van der Waals surface area contributed by atoms with Gasteiger partial charge in [0.1, 0.15) is 0 Å². The molecule has 1 aromatic carbocycles. The van der Waals surface area contributed by atoms with E-state index in [9.17, 15) is 0 Å². The van der Waals surface area contributed by atoms with E-state index in [0.717, 1.165) is 30.8 Å². The molecule has 1 aliphatic rings. The summed E-state index contributed by atoms with van der Waals surface area (Å²) in [5.41, 5.74) is 6.28. The minimum absolute atomic E-state index is 0.506. The highest BCUT2D eigenvalue weighted by Crippen LogP contribution is 2.25.